The summed E-state index contributed by atoms with van der Waals surface area (Å²) in [6.07, 6.45) is 0. The summed E-state index contributed by atoms with van der Waals surface area (Å²) in [5, 5.41) is 0. The van der Waals surface area contributed by atoms with Crippen molar-refractivity contribution in [1.82, 2.24) is 0 Å². The standard InChI is InChI=1S/C12H15NO4/c1-3-16-9-7-5-6-8(10(14)12(13)15)11(9)17-4-2/h5-7H,3-4H2,1-2H3,(H2,13,15). The average molecular weight is 237 g/mol. The van der Waals surface area contributed by atoms with Crippen molar-refractivity contribution in [3.05, 3.63) is 23.8 Å². The van der Waals surface area contributed by atoms with Gasteiger partial charge in [0.15, 0.2) is 11.5 Å². The summed E-state index contributed by atoms with van der Waals surface area (Å²) in [6, 6.07) is 4.77. The summed E-state index contributed by atoms with van der Waals surface area (Å²) in [5.41, 5.74) is 5.10. The van der Waals surface area contributed by atoms with Gasteiger partial charge in [0.05, 0.1) is 18.8 Å². The topological polar surface area (TPSA) is 78.6 Å². The van der Waals surface area contributed by atoms with Crippen LogP contribution in [0.5, 0.6) is 11.5 Å². The van der Waals surface area contributed by atoms with Gasteiger partial charge in [0.1, 0.15) is 0 Å². The van der Waals surface area contributed by atoms with E-state index in [-0.39, 0.29) is 11.3 Å². The summed E-state index contributed by atoms with van der Waals surface area (Å²) in [4.78, 5) is 22.5. The first-order valence-corrected chi connectivity index (χ1v) is 5.34. The Morgan fingerprint density at radius 2 is 1.82 bits per heavy atom. The molecule has 5 heteroatoms. The highest BCUT2D eigenvalue weighted by Crippen LogP contribution is 2.31. The van der Waals surface area contributed by atoms with Crippen molar-refractivity contribution in [1.29, 1.82) is 0 Å². The first-order valence-electron chi connectivity index (χ1n) is 5.34. The second kappa shape index (κ2) is 5.89. The van der Waals surface area contributed by atoms with Gasteiger partial charge in [0.25, 0.3) is 11.7 Å². The zero-order valence-electron chi connectivity index (χ0n) is 9.86. The lowest BCUT2D eigenvalue weighted by Crippen LogP contribution is -2.23. The zero-order valence-corrected chi connectivity index (χ0v) is 9.86. The van der Waals surface area contributed by atoms with E-state index in [1.165, 1.54) is 6.07 Å². The number of carbonyl (C=O) groups excluding carboxylic acids is 2. The second-order valence-corrected chi connectivity index (χ2v) is 3.19. The molecule has 1 aromatic rings. The van der Waals surface area contributed by atoms with Gasteiger partial charge in [-0.25, -0.2) is 0 Å². The lowest BCUT2D eigenvalue weighted by molar-refractivity contribution is -0.114. The quantitative estimate of drug-likeness (QED) is 0.594. The summed E-state index contributed by atoms with van der Waals surface area (Å²) in [6.45, 7) is 4.40. The number of Topliss-reactive ketones (excluding diaryl/α,β-unsaturated/α-hetero) is 1. The van der Waals surface area contributed by atoms with Gasteiger partial charge in [-0.05, 0) is 26.0 Å². The van der Waals surface area contributed by atoms with E-state index >= 15 is 0 Å². The van der Waals surface area contributed by atoms with Crippen LogP contribution in [0.4, 0.5) is 0 Å². The molecule has 0 atom stereocenters. The number of benzene rings is 1. The Morgan fingerprint density at radius 3 is 2.35 bits per heavy atom. The molecule has 0 saturated carbocycles. The minimum atomic E-state index is -1.01. The highest BCUT2D eigenvalue weighted by molar-refractivity contribution is 6.43. The molecule has 1 amide bonds. The largest absolute Gasteiger partial charge is 0.490 e. The van der Waals surface area contributed by atoms with Crippen LogP contribution in [0.2, 0.25) is 0 Å². The zero-order chi connectivity index (χ0) is 12.8. The summed E-state index contributed by atoms with van der Waals surface area (Å²) >= 11 is 0. The number of ether oxygens (including phenoxy) is 2. The van der Waals surface area contributed by atoms with Crippen LogP contribution >= 0.6 is 0 Å². The highest BCUT2D eigenvalue weighted by Gasteiger charge is 2.20. The maximum absolute atomic E-state index is 11.6. The minimum Gasteiger partial charge on any atom is -0.490 e. The molecule has 5 nitrogen and oxygen atoms in total. The molecule has 0 spiro atoms. The predicted molar refractivity (Wildman–Crippen MR) is 62.3 cm³/mol. The van der Waals surface area contributed by atoms with E-state index in [1.807, 2.05) is 6.92 Å². The van der Waals surface area contributed by atoms with Crippen LogP contribution in [-0.4, -0.2) is 24.9 Å². The molecular formula is C12H15NO4. The Kier molecular flexibility index (Phi) is 4.51. The van der Waals surface area contributed by atoms with E-state index < -0.39 is 11.7 Å². The molecule has 92 valence electrons. The minimum absolute atomic E-state index is 0.130. The molecule has 0 fully saturated rings. The fourth-order valence-corrected chi connectivity index (χ4v) is 1.39. The maximum Gasteiger partial charge on any atom is 0.289 e. The molecule has 0 bridgehead atoms. The van der Waals surface area contributed by atoms with Gasteiger partial charge in [0, 0.05) is 0 Å². The van der Waals surface area contributed by atoms with Gasteiger partial charge in [-0.1, -0.05) is 6.07 Å². The van der Waals surface area contributed by atoms with Crippen LogP contribution in [0.3, 0.4) is 0 Å². The van der Waals surface area contributed by atoms with Gasteiger partial charge in [-0.15, -0.1) is 0 Å². The third-order valence-electron chi connectivity index (χ3n) is 2.04. The SMILES string of the molecule is CCOc1cccc(C(=O)C(N)=O)c1OCC. The van der Waals surface area contributed by atoms with Gasteiger partial charge >= 0.3 is 0 Å². The molecule has 0 radical (unpaired) electrons. The van der Waals surface area contributed by atoms with Gasteiger partial charge < -0.3 is 15.2 Å². The molecule has 0 saturated heterocycles. The van der Waals surface area contributed by atoms with E-state index in [9.17, 15) is 9.59 Å². The molecular weight excluding hydrogens is 222 g/mol. The number of hydrogen-bond donors (Lipinski definition) is 1. The molecule has 0 aliphatic heterocycles. The Morgan fingerprint density at radius 1 is 1.18 bits per heavy atom. The fraction of sp³-hybridized carbons (Fsp3) is 0.333. The van der Waals surface area contributed by atoms with Crippen molar-refractivity contribution in [2.24, 2.45) is 5.73 Å². The fourth-order valence-electron chi connectivity index (χ4n) is 1.39. The van der Waals surface area contributed by atoms with Crippen LogP contribution < -0.4 is 15.2 Å². The molecule has 0 heterocycles. The third-order valence-corrected chi connectivity index (χ3v) is 2.04. The number of carbonyl (C=O) groups is 2. The first kappa shape index (κ1) is 13.0. The number of hydrogen-bond acceptors (Lipinski definition) is 4. The number of amides is 1. The van der Waals surface area contributed by atoms with E-state index in [2.05, 4.69) is 0 Å². The Balaban J connectivity index is 3.23. The molecule has 2 N–H and O–H groups in total. The average Bonchev–Trinajstić information content (AvgIpc) is 2.31. The second-order valence-electron chi connectivity index (χ2n) is 3.19. The number of ketones is 1. The molecule has 0 aromatic heterocycles. The van der Waals surface area contributed by atoms with Crippen molar-refractivity contribution < 1.29 is 19.1 Å². The van der Waals surface area contributed by atoms with E-state index in [0.29, 0.717) is 19.0 Å². The number of rotatable bonds is 6. The molecule has 1 rings (SSSR count). The Labute approximate surface area is 99.5 Å². The third kappa shape index (κ3) is 2.96. The molecule has 0 unspecified atom stereocenters. The van der Waals surface area contributed by atoms with Crippen LogP contribution in [0.25, 0.3) is 0 Å². The Hall–Kier alpha value is -2.04. The van der Waals surface area contributed by atoms with Crippen molar-refractivity contribution in [3.63, 3.8) is 0 Å². The smallest absolute Gasteiger partial charge is 0.289 e. The van der Waals surface area contributed by atoms with E-state index in [0.717, 1.165) is 0 Å². The lowest BCUT2D eigenvalue weighted by Gasteiger charge is -2.13. The lowest BCUT2D eigenvalue weighted by atomic mass is 10.1. The summed E-state index contributed by atoms with van der Waals surface area (Å²) < 4.78 is 10.7. The van der Waals surface area contributed by atoms with Gasteiger partial charge in [-0.2, -0.15) is 0 Å². The summed E-state index contributed by atoms with van der Waals surface area (Å²) in [7, 11) is 0. The number of nitrogens with two attached hydrogens (primary N) is 1. The van der Waals surface area contributed by atoms with Crippen molar-refractivity contribution in [2.45, 2.75) is 13.8 Å². The predicted octanol–water partition coefficient (Wildman–Crippen LogP) is 1.15. The van der Waals surface area contributed by atoms with Crippen molar-refractivity contribution >= 4 is 11.7 Å². The molecule has 17 heavy (non-hydrogen) atoms. The first-order chi connectivity index (χ1) is 8.11. The van der Waals surface area contributed by atoms with E-state index in [4.69, 9.17) is 15.2 Å². The van der Waals surface area contributed by atoms with Crippen LogP contribution in [-0.2, 0) is 4.79 Å². The monoisotopic (exact) mass is 237 g/mol. The van der Waals surface area contributed by atoms with Gasteiger partial charge in [-0.3, -0.25) is 9.59 Å². The van der Waals surface area contributed by atoms with Crippen molar-refractivity contribution in [3.8, 4) is 11.5 Å². The molecule has 0 aliphatic carbocycles. The highest BCUT2D eigenvalue weighted by atomic mass is 16.5. The molecule has 0 aliphatic rings. The van der Waals surface area contributed by atoms with Crippen molar-refractivity contribution in [2.75, 3.05) is 13.2 Å². The molecule has 1 aromatic carbocycles. The normalized spacial score (nSPS) is 9.76. The van der Waals surface area contributed by atoms with Crippen LogP contribution in [0.1, 0.15) is 24.2 Å². The number of para-hydroxylation sites is 1. The number of primary amides is 1. The Bertz CT molecular complexity index is 429. The van der Waals surface area contributed by atoms with Crippen LogP contribution in [0, 0.1) is 0 Å². The summed E-state index contributed by atoms with van der Waals surface area (Å²) in [5.74, 6) is -1.10. The van der Waals surface area contributed by atoms with Gasteiger partial charge in [0.2, 0.25) is 0 Å². The van der Waals surface area contributed by atoms with Crippen LogP contribution in [0.15, 0.2) is 18.2 Å². The van der Waals surface area contributed by atoms with E-state index in [1.54, 1.807) is 19.1 Å². The maximum atomic E-state index is 11.6.